The molecule has 0 aromatic heterocycles. The third kappa shape index (κ3) is 2.34. The van der Waals surface area contributed by atoms with Gasteiger partial charge in [0.1, 0.15) is 5.54 Å². The zero-order chi connectivity index (χ0) is 23.9. The van der Waals surface area contributed by atoms with Crippen molar-refractivity contribution >= 4 is 34.8 Å². The maximum absolute atomic E-state index is 14.0. The standard InChI is InChI=1S/C25H24N4O5/c1-3-14-6-4-7-16-21(14)26-24(32)25(16)20-19(18-8-5-11-27(18)25)22(30)28(23(20)31)17-10-9-15(29(33)34)12-13(17)2/h4,6-7,9-10,12,18-20H,3,5,8,11H2,1-2H3,(H,26,32)/t18-,19-,20-,25-/m0/s1. The first-order valence-corrected chi connectivity index (χ1v) is 11.7. The molecule has 9 nitrogen and oxygen atoms in total. The van der Waals surface area contributed by atoms with E-state index in [1.54, 1.807) is 6.92 Å². The number of carbonyl (C=O) groups excluding carboxylic acids is 3. The monoisotopic (exact) mass is 460 g/mol. The average Bonchev–Trinajstić information content (AvgIpc) is 3.52. The number of fused-ring (bicyclic) bond motifs is 7. The minimum atomic E-state index is -1.22. The molecule has 4 atom stereocenters. The Bertz CT molecular complexity index is 1310. The lowest BCUT2D eigenvalue weighted by Gasteiger charge is -2.36. The molecule has 2 aromatic rings. The molecule has 1 N–H and O–H groups in total. The highest BCUT2D eigenvalue weighted by molar-refractivity contribution is 6.26. The molecule has 4 aliphatic heterocycles. The maximum Gasteiger partial charge on any atom is 0.269 e. The van der Waals surface area contributed by atoms with Crippen molar-refractivity contribution in [2.24, 2.45) is 11.8 Å². The Kier molecular flexibility index (Phi) is 4.29. The molecule has 2 aromatic carbocycles. The van der Waals surface area contributed by atoms with E-state index in [-0.39, 0.29) is 23.5 Å². The van der Waals surface area contributed by atoms with Gasteiger partial charge in [0.05, 0.1) is 22.4 Å². The van der Waals surface area contributed by atoms with Gasteiger partial charge in [-0.1, -0.05) is 25.1 Å². The van der Waals surface area contributed by atoms with Crippen LogP contribution in [0.4, 0.5) is 17.1 Å². The normalized spacial score (nSPS) is 29.5. The Morgan fingerprint density at radius 3 is 2.68 bits per heavy atom. The van der Waals surface area contributed by atoms with Gasteiger partial charge >= 0.3 is 0 Å². The number of nitrogens with zero attached hydrogens (tertiary/aromatic N) is 3. The fourth-order valence-corrected chi connectivity index (χ4v) is 6.83. The quantitative estimate of drug-likeness (QED) is 0.428. The van der Waals surface area contributed by atoms with Gasteiger partial charge in [-0.25, -0.2) is 4.90 Å². The van der Waals surface area contributed by atoms with Gasteiger partial charge in [0.2, 0.25) is 17.7 Å². The van der Waals surface area contributed by atoms with Crippen LogP contribution in [0.3, 0.4) is 0 Å². The number of nitrogens with one attached hydrogen (secondary N) is 1. The van der Waals surface area contributed by atoms with Crippen LogP contribution in [0.1, 0.15) is 36.5 Å². The highest BCUT2D eigenvalue weighted by Crippen LogP contribution is 2.61. The molecule has 0 bridgehead atoms. The zero-order valence-electron chi connectivity index (χ0n) is 18.9. The third-order valence-electron chi connectivity index (χ3n) is 8.13. The second-order valence-electron chi connectivity index (χ2n) is 9.56. The molecule has 0 saturated carbocycles. The van der Waals surface area contributed by atoms with Crippen LogP contribution < -0.4 is 10.2 Å². The Morgan fingerprint density at radius 1 is 1.18 bits per heavy atom. The molecule has 6 rings (SSSR count). The number of non-ortho nitro benzene ring substituents is 1. The predicted octanol–water partition coefficient (Wildman–Crippen LogP) is 2.90. The second kappa shape index (κ2) is 6.96. The first-order chi connectivity index (χ1) is 16.3. The number of hydrogen-bond acceptors (Lipinski definition) is 6. The van der Waals surface area contributed by atoms with Crippen LogP contribution in [-0.2, 0) is 26.3 Å². The van der Waals surface area contributed by atoms with E-state index in [9.17, 15) is 24.5 Å². The lowest BCUT2D eigenvalue weighted by atomic mass is 9.75. The second-order valence-corrected chi connectivity index (χ2v) is 9.56. The van der Waals surface area contributed by atoms with E-state index in [4.69, 9.17) is 0 Å². The Morgan fingerprint density at radius 2 is 1.97 bits per heavy atom. The number of nitro benzene ring substituents is 1. The van der Waals surface area contributed by atoms with Crippen LogP contribution >= 0.6 is 0 Å². The van der Waals surface area contributed by atoms with Crippen molar-refractivity contribution in [3.8, 4) is 0 Å². The van der Waals surface area contributed by atoms with E-state index in [0.29, 0.717) is 17.8 Å². The Balaban J connectivity index is 1.53. The summed E-state index contributed by atoms with van der Waals surface area (Å²) in [5, 5.41) is 14.2. The van der Waals surface area contributed by atoms with E-state index in [1.165, 1.54) is 23.1 Å². The number of aryl methyl sites for hydroxylation is 2. The van der Waals surface area contributed by atoms with Crippen LogP contribution in [0, 0.1) is 28.9 Å². The average molecular weight is 460 g/mol. The van der Waals surface area contributed by atoms with Gasteiger partial charge in [-0.3, -0.25) is 29.4 Å². The van der Waals surface area contributed by atoms with Crippen molar-refractivity contribution in [3.63, 3.8) is 0 Å². The molecule has 0 aliphatic carbocycles. The van der Waals surface area contributed by atoms with E-state index in [2.05, 4.69) is 10.2 Å². The molecule has 3 amide bonds. The molecular weight excluding hydrogens is 436 g/mol. The smallest absolute Gasteiger partial charge is 0.269 e. The van der Waals surface area contributed by atoms with Crippen molar-refractivity contribution in [3.05, 3.63) is 63.2 Å². The molecular formula is C25H24N4O5. The SMILES string of the molecule is CCc1cccc2c1NC(=O)[C@@]21[C@@H]2C(=O)N(c3ccc([N+](=O)[O-])cc3C)C(=O)[C@H]2[C@@H]2CCCN21. The van der Waals surface area contributed by atoms with Crippen LogP contribution in [0.25, 0.3) is 0 Å². The first kappa shape index (κ1) is 21.0. The summed E-state index contributed by atoms with van der Waals surface area (Å²) in [7, 11) is 0. The summed E-state index contributed by atoms with van der Waals surface area (Å²) in [5.41, 5.74) is 2.03. The Labute approximate surface area is 195 Å². The molecule has 4 heterocycles. The van der Waals surface area contributed by atoms with Crippen LogP contribution in [0.5, 0.6) is 0 Å². The Hall–Kier alpha value is -3.59. The van der Waals surface area contributed by atoms with Crippen molar-refractivity contribution in [1.29, 1.82) is 0 Å². The number of carbonyl (C=O) groups is 3. The van der Waals surface area contributed by atoms with Crippen LogP contribution in [-0.4, -0.2) is 40.1 Å². The number of para-hydroxylation sites is 1. The van der Waals surface area contributed by atoms with E-state index in [1.807, 2.05) is 25.1 Å². The molecule has 3 saturated heterocycles. The first-order valence-electron chi connectivity index (χ1n) is 11.7. The lowest BCUT2D eigenvalue weighted by Crippen LogP contribution is -2.54. The molecule has 9 heteroatoms. The number of nitro groups is 1. The van der Waals surface area contributed by atoms with Gasteiger partial charge in [0.15, 0.2) is 0 Å². The summed E-state index contributed by atoms with van der Waals surface area (Å²) < 4.78 is 0. The van der Waals surface area contributed by atoms with E-state index < -0.39 is 28.2 Å². The van der Waals surface area contributed by atoms with Gasteiger partial charge in [-0.15, -0.1) is 0 Å². The number of rotatable bonds is 3. The minimum Gasteiger partial charge on any atom is -0.324 e. The van der Waals surface area contributed by atoms with Crippen LogP contribution in [0.2, 0.25) is 0 Å². The highest BCUT2D eigenvalue weighted by Gasteiger charge is 2.74. The van der Waals surface area contributed by atoms with Gasteiger partial charge in [-0.05, 0) is 49.9 Å². The molecule has 3 fully saturated rings. The fourth-order valence-electron chi connectivity index (χ4n) is 6.83. The zero-order valence-corrected chi connectivity index (χ0v) is 18.9. The lowest BCUT2D eigenvalue weighted by molar-refractivity contribution is -0.384. The molecule has 1 spiro atoms. The van der Waals surface area contributed by atoms with E-state index in [0.717, 1.165) is 36.1 Å². The van der Waals surface area contributed by atoms with Gasteiger partial charge in [-0.2, -0.15) is 0 Å². The summed E-state index contributed by atoms with van der Waals surface area (Å²) in [5.74, 6) is -2.45. The van der Waals surface area contributed by atoms with Crippen molar-refractivity contribution in [2.75, 3.05) is 16.8 Å². The largest absolute Gasteiger partial charge is 0.324 e. The van der Waals surface area contributed by atoms with Crippen molar-refractivity contribution in [1.82, 2.24) is 4.90 Å². The molecule has 0 radical (unpaired) electrons. The highest BCUT2D eigenvalue weighted by atomic mass is 16.6. The number of imide groups is 1. The minimum absolute atomic E-state index is 0.102. The summed E-state index contributed by atoms with van der Waals surface area (Å²) in [6.07, 6.45) is 2.33. The van der Waals surface area contributed by atoms with Gasteiger partial charge < -0.3 is 5.32 Å². The molecule has 0 unspecified atom stereocenters. The number of hydrogen-bond donors (Lipinski definition) is 1. The molecule has 4 aliphatic rings. The van der Waals surface area contributed by atoms with Crippen molar-refractivity contribution < 1.29 is 19.3 Å². The number of benzene rings is 2. The summed E-state index contributed by atoms with van der Waals surface area (Å²) in [6.45, 7) is 4.32. The topological polar surface area (TPSA) is 113 Å². The van der Waals surface area contributed by atoms with Gasteiger partial charge in [0, 0.05) is 29.4 Å². The summed E-state index contributed by atoms with van der Waals surface area (Å²) >= 11 is 0. The molecule has 34 heavy (non-hydrogen) atoms. The summed E-state index contributed by atoms with van der Waals surface area (Å²) in [6, 6.07) is 9.72. The number of anilines is 2. The summed E-state index contributed by atoms with van der Waals surface area (Å²) in [4.78, 5) is 55.6. The predicted molar refractivity (Wildman–Crippen MR) is 123 cm³/mol. The van der Waals surface area contributed by atoms with Gasteiger partial charge in [0.25, 0.3) is 5.69 Å². The maximum atomic E-state index is 14.0. The number of amides is 3. The third-order valence-corrected chi connectivity index (χ3v) is 8.13. The van der Waals surface area contributed by atoms with E-state index >= 15 is 0 Å². The van der Waals surface area contributed by atoms with Crippen molar-refractivity contribution in [2.45, 2.75) is 44.7 Å². The molecule has 174 valence electrons. The fraction of sp³-hybridized carbons (Fsp3) is 0.400. The van der Waals surface area contributed by atoms with Crippen LogP contribution in [0.15, 0.2) is 36.4 Å².